The van der Waals surface area contributed by atoms with Gasteiger partial charge < -0.3 is 9.47 Å². The molecule has 1 fully saturated rings. The molecule has 0 unspecified atom stereocenters. The Bertz CT molecular complexity index is 463. The van der Waals surface area contributed by atoms with E-state index in [1.54, 1.807) is 0 Å². The number of rotatable bonds is 9. The Balaban J connectivity index is 2.34. The first-order valence-electron chi connectivity index (χ1n) is 9.00. The van der Waals surface area contributed by atoms with Crippen LogP contribution in [0.2, 0.25) is 0 Å². The first-order valence-corrected chi connectivity index (χ1v) is 12.1. The molecule has 0 spiro atoms. The monoisotopic (exact) mass is 411 g/mol. The fraction of sp³-hybridized carbons (Fsp3) is 0.941. The van der Waals surface area contributed by atoms with E-state index in [1.165, 1.54) is 0 Å². The largest absolute Gasteiger partial charge is 0.465 e. The van der Waals surface area contributed by atoms with Gasteiger partial charge in [0.05, 0.1) is 30.8 Å². The maximum Gasteiger partial charge on any atom is 0.390 e. The fourth-order valence-corrected chi connectivity index (χ4v) is 6.61. The molecule has 154 valence electrons. The van der Waals surface area contributed by atoms with Gasteiger partial charge in [-0.1, -0.05) is 0 Å². The quantitative estimate of drug-likeness (QED) is 0.323. The summed E-state index contributed by atoms with van der Waals surface area (Å²) in [7, 11) is 0. The number of nitrogens with zero attached hydrogens (tertiary/aromatic N) is 1. The highest BCUT2D eigenvalue weighted by Gasteiger charge is 2.36. The second-order valence-electron chi connectivity index (χ2n) is 8.11. The van der Waals surface area contributed by atoms with Crippen molar-refractivity contribution in [2.75, 3.05) is 45.2 Å². The predicted molar refractivity (Wildman–Crippen MR) is 105 cm³/mol. The highest BCUT2D eigenvalue weighted by atomic mass is 32.7. The lowest BCUT2D eigenvalue weighted by molar-refractivity contribution is -0.143. The van der Waals surface area contributed by atoms with E-state index in [4.69, 9.17) is 18.5 Å². The van der Waals surface area contributed by atoms with Crippen LogP contribution >= 0.6 is 18.2 Å². The maximum atomic E-state index is 13.0. The molecule has 0 saturated carbocycles. The fourth-order valence-electron chi connectivity index (χ4n) is 2.19. The van der Waals surface area contributed by atoms with Crippen molar-refractivity contribution in [1.82, 2.24) is 4.90 Å². The molecule has 1 aliphatic rings. The van der Waals surface area contributed by atoms with Gasteiger partial charge in [-0.3, -0.25) is 18.7 Å². The molecule has 7 nitrogen and oxygen atoms in total. The van der Waals surface area contributed by atoms with Crippen LogP contribution < -0.4 is 0 Å². The molecule has 0 aliphatic carbocycles. The standard InChI is InChI=1S/C17H34NO6PS/c1-16(2,3)23-25(20,24-17(4,5)6)26-14-13-22-15(19)7-8-18-9-11-21-12-10-18/h7-14H2,1-6H3. The van der Waals surface area contributed by atoms with Crippen LogP contribution in [0.1, 0.15) is 48.0 Å². The van der Waals surface area contributed by atoms with Crippen LogP contribution in [0.15, 0.2) is 0 Å². The molecule has 1 rings (SSSR count). The van der Waals surface area contributed by atoms with Crippen LogP contribution in [-0.2, 0) is 27.9 Å². The van der Waals surface area contributed by atoms with Gasteiger partial charge >= 0.3 is 12.8 Å². The van der Waals surface area contributed by atoms with Gasteiger partial charge in [0, 0.05) is 25.4 Å². The average molecular weight is 412 g/mol. The predicted octanol–water partition coefficient (Wildman–Crippen LogP) is 3.72. The van der Waals surface area contributed by atoms with Crippen LogP contribution in [0, 0.1) is 0 Å². The molecule has 0 aromatic heterocycles. The molecular weight excluding hydrogens is 377 g/mol. The summed E-state index contributed by atoms with van der Waals surface area (Å²) in [6, 6.07) is 0. The highest BCUT2D eigenvalue weighted by molar-refractivity contribution is 8.55. The number of esters is 1. The Labute approximate surface area is 161 Å². The highest BCUT2D eigenvalue weighted by Crippen LogP contribution is 2.64. The van der Waals surface area contributed by atoms with E-state index < -0.39 is 18.0 Å². The molecule has 0 bridgehead atoms. The minimum absolute atomic E-state index is 0.178. The van der Waals surface area contributed by atoms with Gasteiger partial charge in [0.2, 0.25) is 0 Å². The van der Waals surface area contributed by atoms with E-state index in [9.17, 15) is 9.36 Å². The van der Waals surface area contributed by atoms with Gasteiger partial charge in [-0.25, -0.2) is 4.57 Å². The van der Waals surface area contributed by atoms with Crippen molar-refractivity contribution in [2.24, 2.45) is 0 Å². The lowest BCUT2D eigenvalue weighted by atomic mass is 10.2. The van der Waals surface area contributed by atoms with Crippen molar-refractivity contribution in [3.8, 4) is 0 Å². The van der Waals surface area contributed by atoms with Gasteiger partial charge in [-0.15, -0.1) is 0 Å². The Morgan fingerprint density at radius 3 is 2.12 bits per heavy atom. The summed E-state index contributed by atoms with van der Waals surface area (Å²) in [5, 5.41) is 0. The summed E-state index contributed by atoms with van der Waals surface area (Å²) >= 11 is 1.07. The van der Waals surface area contributed by atoms with Crippen molar-refractivity contribution < 1.29 is 27.9 Å². The Hall–Kier alpha value is -0.110. The molecule has 0 N–H and O–H groups in total. The summed E-state index contributed by atoms with van der Waals surface area (Å²) in [4.78, 5) is 14.0. The molecule has 0 aromatic carbocycles. The van der Waals surface area contributed by atoms with Crippen molar-refractivity contribution in [1.29, 1.82) is 0 Å². The van der Waals surface area contributed by atoms with Crippen molar-refractivity contribution in [3.63, 3.8) is 0 Å². The summed E-state index contributed by atoms with van der Waals surface area (Å²) in [5.74, 6) is 0.104. The smallest absolute Gasteiger partial charge is 0.390 e. The number of carbonyl (C=O) groups excluding carboxylic acids is 1. The Morgan fingerprint density at radius 2 is 1.62 bits per heavy atom. The van der Waals surface area contributed by atoms with Crippen LogP contribution in [-0.4, -0.2) is 67.3 Å². The third-order valence-corrected chi connectivity index (χ3v) is 7.25. The Kier molecular flexibility index (Phi) is 9.61. The second-order valence-corrected chi connectivity index (χ2v) is 12.2. The number of hydrogen-bond acceptors (Lipinski definition) is 8. The number of ether oxygens (including phenoxy) is 2. The summed E-state index contributed by atoms with van der Waals surface area (Å²) in [5.41, 5.74) is -1.19. The molecule has 9 heteroatoms. The molecule has 1 aliphatic heterocycles. The lowest BCUT2D eigenvalue weighted by Crippen LogP contribution is -2.37. The maximum absolute atomic E-state index is 13.0. The van der Waals surface area contributed by atoms with Gasteiger partial charge in [-0.2, -0.15) is 0 Å². The SMILES string of the molecule is CC(C)(C)OP(=O)(OC(C)(C)C)SCCOC(=O)CCN1CCOCC1. The third-order valence-electron chi connectivity index (χ3n) is 3.10. The van der Waals surface area contributed by atoms with Crippen molar-refractivity contribution in [2.45, 2.75) is 59.2 Å². The number of morpholine rings is 1. The number of hydrogen-bond donors (Lipinski definition) is 0. The van der Waals surface area contributed by atoms with E-state index in [2.05, 4.69) is 4.90 Å². The van der Waals surface area contributed by atoms with Gasteiger partial charge in [0.1, 0.15) is 6.61 Å². The molecule has 1 heterocycles. The third kappa shape index (κ3) is 11.6. The Morgan fingerprint density at radius 1 is 1.08 bits per heavy atom. The molecule has 0 aromatic rings. The minimum Gasteiger partial charge on any atom is -0.465 e. The number of carbonyl (C=O) groups is 1. The summed E-state index contributed by atoms with van der Waals surface area (Å²) in [6.07, 6.45) is 0.347. The van der Waals surface area contributed by atoms with E-state index in [1.807, 2.05) is 41.5 Å². The van der Waals surface area contributed by atoms with E-state index in [0.717, 1.165) is 24.5 Å². The first-order chi connectivity index (χ1) is 11.9. The second kappa shape index (κ2) is 10.4. The van der Waals surface area contributed by atoms with Crippen LogP contribution in [0.25, 0.3) is 0 Å². The normalized spacial score (nSPS) is 17.3. The minimum atomic E-state index is -3.36. The zero-order valence-corrected chi connectivity index (χ0v) is 18.6. The van der Waals surface area contributed by atoms with Crippen LogP contribution in [0.3, 0.4) is 0 Å². The van der Waals surface area contributed by atoms with Gasteiger partial charge in [0.15, 0.2) is 0 Å². The van der Waals surface area contributed by atoms with E-state index >= 15 is 0 Å². The van der Waals surface area contributed by atoms with E-state index in [-0.39, 0.29) is 12.6 Å². The summed E-state index contributed by atoms with van der Waals surface area (Å²) < 4.78 is 34.8. The topological polar surface area (TPSA) is 74.3 Å². The molecular formula is C17H34NO6PS. The zero-order valence-electron chi connectivity index (χ0n) is 16.9. The van der Waals surface area contributed by atoms with Crippen molar-refractivity contribution >= 4 is 24.1 Å². The molecule has 0 amide bonds. The molecule has 0 atom stereocenters. The lowest BCUT2D eigenvalue weighted by Gasteiger charge is -2.31. The molecule has 0 radical (unpaired) electrons. The van der Waals surface area contributed by atoms with E-state index in [0.29, 0.717) is 31.9 Å². The van der Waals surface area contributed by atoms with Crippen LogP contribution in [0.4, 0.5) is 0 Å². The summed E-state index contributed by atoms with van der Waals surface area (Å²) in [6.45, 7) is 11.6. The van der Waals surface area contributed by atoms with Crippen LogP contribution in [0.5, 0.6) is 0 Å². The van der Waals surface area contributed by atoms with Crippen molar-refractivity contribution in [3.05, 3.63) is 0 Å². The average Bonchev–Trinajstić information content (AvgIpc) is 2.47. The van der Waals surface area contributed by atoms with Gasteiger partial charge in [0.25, 0.3) is 0 Å². The molecule has 1 saturated heterocycles. The zero-order chi connectivity index (χ0) is 19.8. The van der Waals surface area contributed by atoms with Gasteiger partial charge in [-0.05, 0) is 52.9 Å². The molecule has 26 heavy (non-hydrogen) atoms. The first kappa shape index (κ1) is 23.9.